The molecule has 6 nitrogen and oxygen atoms in total. The SMILES string of the molecule is CC(=O)N(c1nc(COC(=O)CSc2nc3ccccc3s2)cs1)c1ccccc1F. The molecule has 4 aromatic rings. The minimum Gasteiger partial charge on any atom is -0.459 e. The van der Waals surface area contributed by atoms with Gasteiger partial charge in [0.1, 0.15) is 12.4 Å². The van der Waals surface area contributed by atoms with E-state index in [9.17, 15) is 14.0 Å². The molecule has 158 valence electrons. The van der Waals surface area contributed by atoms with Crippen LogP contribution in [0.5, 0.6) is 0 Å². The average Bonchev–Trinajstić information content (AvgIpc) is 3.39. The summed E-state index contributed by atoms with van der Waals surface area (Å²) in [6.45, 7) is 1.31. The maximum atomic E-state index is 14.1. The summed E-state index contributed by atoms with van der Waals surface area (Å²) in [4.78, 5) is 34.2. The molecule has 2 heterocycles. The summed E-state index contributed by atoms with van der Waals surface area (Å²) in [6.07, 6.45) is 0. The standard InChI is InChI=1S/C21H16FN3O3S3/c1-13(26)25(17-8-4-2-6-15(17)22)20-23-14(11-29-20)10-28-19(27)12-30-21-24-16-7-3-5-9-18(16)31-21/h2-9,11H,10,12H2,1H3. The highest BCUT2D eigenvalue weighted by Crippen LogP contribution is 2.31. The number of benzene rings is 2. The second-order valence-electron chi connectivity index (χ2n) is 6.32. The molecule has 31 heavy (non-hydrogen) atoms. The average molecular weight is 474 g/mol. The van der Waals surface area contributed by atoms with Gasteiger partial charge < -0.3 is 4.74 Å². The number of hydrogen-bond acceptors (Lipinski definition) is 8. The van der Waals surface area contributed by atoms with Gasteiger partial charge >= 0.3 is 5.97 Å². The molecule has 10 heteroatoms. The summed E-state index contributed by atoms with van der Waals surface area (Å²) in [6, 6.07) is 13.8. The van der Waals surface area contributed by atoms with E-state index in [1.807, 2.05) is 24.3 Å². The molecule has 0 aliphatic carbocycles. The second kappa shape index (κ2) is 9.54. The Morgan fingerprint density at radius 3 is 2.68 bits per heavy atom. The summed E-state index contributed by atoms with van der Waals surface area (Å²) >= 11 is 4.03. The van der Waals surface area contributed by atoms with Crippen molar-refractivity contribution in [1.82, 2.24) is 9.97 Å². The number of aromatic nitrogens is 2. The molecule has 0 saturated carbocycles. The van der Waals surface area contributed by atoms with E-state index < -0.39 is 11.8 Å². The van der Waals surface area contributed by atoms with Gasteiger partial charge in [-0.15, -0.1) is 22.7 Å². The minimum atomic E-state index is -0.521. The van der Waals surface area contributed by atoms with E-state index in [0.29, 0.717) is 10.8 Å². The molecule has 0 aliphatic heterocycles. The highest BCUT2D eigenvalue weighted by molar-refractivity contribution is 8.01. The molecule has 2 aromatic heterocycles. The van der Waals surface area contributed by atoms with E-state index in [-0.39, 0.29) is 24.0 Å². The summed E-state index contributed by atoms with van der Waals surface area (Å²) in [5, 5.41) is 1.99. The first-order valence-corrected chi connectivity index (χ1v) is 11.8. The third kappa shape index (κ3) is 5.09. The van der Waals surface area contributed by atoms with Gasteiger partial charge in [0.15, 0.2) is 9.47 Å². The Morgan fingerprint density at radius 1 is 1.13 bits per heavy atom. The molecule has 0 unspecified atom stereocenters. The summed E-state index contributed by atoms with van der Waals surface area (Å²) in [7, 11) is 0. The van der Waals surface area contributed by atoms with E-state index in [0.717, 1.165) is 14.6 Å². The number of thiazole rings is 2. The number of amides is 1. The van der Waals surface area contributed by atoms with Crippen molar-refractivity contribution in [2.45, 2.75) is 17.9 Å². The maximum Gasteiger partial charge on any atom is 0.316 e. The minimum absolute atomic E-state index is 0.0290. The molecule has 0 atom stereocenters. The molecule has 0 fully saturated rings. The number of anilines is 2. The Balaban J connectivity index is 1.35. The normalized spacial score (nSPS) is 10.9. The van der Waals surface area contributed by atoms with Gasteiger partial charge in [-0.25, -0.2) is 14.4 Å². The summed E-state index contributed by atoms with van der Waals surface area (Å²) in [5.74, 6) is -1.15. The quantitative estimate of drug-likeness (QED) is 0.264. The first kappa shape index (κ1) is 21.4. The molecule has 1 amide bonds. The number of hydrogen-bond donors (Lipinski definition) is 0. The van der Waals surface area contributed by atoms with Crippen molar-refractivity contribution >= 4 is 67.3 Å². The summed E-state index contributed by atoms with van der Waals surface area (Å²) < 4.78 is 21.3. The van der Waals surface area contributed by atoms with Crippen molar-refractivity contribution in [3.63, 3.8) is 0 Å². The molecule has 4 rings (SSSR count). The Kier molecular flexibility index (Phi) is 6.59. The van der Waals surface area contributed by atoms with Crippen molar-refractivity contribution in [3.8, 4) is 0 Å². The van der Waals surface area contributed by atoms with Crippen LogP contribution in [0.25, 0.3) is 10.2 Å². The Labute approximate surface area is 189 Å². The zero-order chi connectivity index (χ0) is 21.8. The number of ether oxygens (including phenoxy) is 1. The van der Waals surface area contributed by atoms with Crippen molar-refractivity contribution in [1.29, 1.82) is 0 Å². The van der Waals surface area contributed by atoms with Crippen LogP contribution in [0.3, 0.4) is 0 Å². The highest BCUT2D eigenvalue weighted by Gasteiger charge is 2.21. The first-order valence-electron chi connectivity index (χ1n) is 9.15. The van der Waals surface area contributed by atoms with Crippen LogP contribution in [0.2, 0.25) is 0 Å². The molecular formula is C21H16FN3O3S3. The van der Waals surface area contributed by atoms with Crippen LogP contribution in [-0.2, 0) is 20.9 Å². The van der Waals surface area contributed by atoms with Gasteiger partial charge in [-0.3, -0.25) is 14.5 Å². The van der Waals surface area contributed by atoms with E-state index in [4.69, 9.17) is 4.74 Å². The largest absolute Gasteiger partial charge is 0.459 e. The summed E-state index contributed by atoms with van der Waals surface area (Å²) in [5.41, 5.74) is 1.52. The van der Waals surface area contributed by atoms with E-state index in [1.165, 1.54) is 58.4 Å². The van der Waals surface area contributed by atoms with E-state index in [2.05, 4.69) is 9.97 Å². The van der Waals surface area contributed by atoms with Crippen molar-refractivity contribution in [2.75, 3.05) is 10.7 Å². The number of rotatable bonds is 7. The zero-order valence-corrected chi connectivity index (χ0v) is 18.7. The molecule has 2 aromatic carbocycles. The maximum absolute atomic E-state index is 14.1. The van der Waals surface area contributed by atoms with E-state index >= 15 is 0 Å². The van der Waals surface area contributed by atoms with Crippen LogP contribution < -0.4 is 4.90 Å². The first-order chi connectivity index (χ1) is 15.0. The van der Waals surface area contributed by atoms with Crippen molar-refractivity contribution < 1.29 is 18.7 Å². The third-order valence-electron chi connectivity index (χ3n) is 4.11. The Morgan fingerprint density at radius 2 is 1.90 bits per heavy atom. The van der Waals surface area contributed by atoms with Gasteiger partial charge in [0, 0.05) is 12.3 Å². The van der Waals surface area contributed by atoms with Crippen LogP contribution in [0, 0.1) is 5.82 Å². The lowest BCUT2D eigenvalue weighted by atomic mass is 10.3. The van der Waals surface area contributed by atoms with Gasteiger partial charge in [-0.2, -0.15) is 0 Å². The van der Waals surface area contributed by atoms with Gasteiger partial charge in [0.2, 0.25) is 5.91 Å². The third-order valence-corrected chi connectivity index (χ3v) is 7.14. The molecule has 0 aliphatic rings. The van der Waals surface area contributed by atoms with Crippen LogP contribution >= 0.6 is 34.4 Å². The van der Waals surface area contributed by atoms with Gasteiger partial charge in [0.05, 0.1) is 27.4 Å². The number of esters is 1. The van der Waals surface area contributed by atoms with E-state index in [1.54, 1.807) is 17.5 Å². The monoisotopic (exact) mass is 473 g/mol. The fourth-order valence-electron chi connectivity index (χ4n) is 2.74. The highest BCUT2D eigenvalue weighted by atomic mass is 32.2. The molecule has 0 N–H and O–H groups in total. The predicted molar refractivity (Wildman–Crippen MR) is 121 cm³/mol. The van der Waals surface area contributed by atoms with Crippen molar-refractivity contribution in [2.24, 2.45) is 0 Å². The number of fused-ring (bicyclic) bond motifs is 1. The lowest BCUT2D eigenvalue weighted by molar-refractivity contribution is -0.141. The number of halogens is 1. The van der Waals surface area contributed by atoms with Crippen LogP contribution in [0.15, 0.2) is 58.3 Å². The van der Waals surface area contributed by atoms with Gasteiger partial charge in [0.25, 0.3) is 0 Å². The second-order valence-corrected chi connectivity index (χ2v) is 9.41. The predicted octanol–water partition coefficient (Wildman–Crippen LogP) is 5.41. The zero-order valence-electron chi connectivity index (χ0n) is 16.3. The molecular weight excluding hydrogens is 457 g/mol. The smallest absolute Gasteiger partial charge is 0.316 e. The fourth-order valence-corrected chi connectivity index (χ4v) is 5.47. The van der Waals surface area contributed by atoms with Crippen LogP contribution in [0.1, 0.15) is 12.6 Å². The number of para-hydroxylation sites is 2. The molecule has 0 bridgehead atoms. The molecule has 0 radical (unpaired) electrons. The van der Waals surface area contributed by atoms with Crippen LogP contribution in [0.4, 0.5) is 15.2 Å². The number of nitrogens with zero attached hydrogens (tertiary/aromatic N) is 3. The fraction of sp³-hybridized carbons (Fsp3) is 0.143. The number of carbonyl (C=O) groups is 2. The van der Waals surface area contributed by atoms with Crippen molar-refractivity contribution in [3.05, 3.63) is 65.4 Å². The molecule has 0 saturated heterocycles. The molecule has 0 spiro atoms. The topological polar surface area (TPSA) is 72.4 Å². The van der Waals surface area contributed by atoms with Crippen LogP contribution in [-0.4, -0.2) is 27.6 Å². The lowest BCUT2D eigenvalue weighted by Crippen LogP contribution is -2.23. The Hall–Kier alpha value is -2.82. The lowest BCUT2D eigenvalue weighted by Gasteiger charge is -2.18. The Bertz CT molecular complexity index is 1210. The van der Waals surface area contributed by atoms with Gasteiger partial charge in [-0.05, 0) is 24.3 Å². The number of carbonyl (C=O) groups excluding carboxylic acids is 2. The van der Waals surface area contributed by atoms with Gasteiger partial charge in [-0.1, -0.05) is 36.0 Å². The number of thioether (sulfide) groups is 1.